The molecule has 100 valence electrons. The van der Waals surface area contributed by atoms with E-state index in [1.54, 1.807) is 0 Å². The molecule has 0 bridgehead atoms. The minimum atomic E-state index is -0.490. The van der Waals surface area contributed by atoms with Gasteiger partial charge in [0, 0.05) is 11.6 Å². The zero-order valence-corrected chi connectivity index (χ0v) is 11.2. The largest absolute Gasteiger partial charge is 0.493 e. The second-order valence-electron chi connectivity index (χ2n) is 5.11. The van der Waals surface area contributed by atoms with Gasteiger partial charge in [-0.1, -0.05) is 25.1 Å². The van der Waals surface area contributed by atoms with E-state index in [0.29, 0.717) is 12.5 Å². The summed E-state index contributed by atoms with van der Waals surface area (Å²) in [7, 11) is 0. The lowest BCUT2D eigenvalue weighted by Gasteiger charge is -2.32. The molecule has 1 saturated heterocycles. The summed E-state index contributed by atoms with van der Waals surface area (Å²) < 4.78 is 5.59. The van der Waals surface area contributed by atoms with Crippen LogP contribution in [0.4, 0.5) is 0 Å². The Balaban J connectivity index is 2.14. The van der Waals surface area contributed by atoms with Gasteiger partial charge in [-0.2, -0.15) is 0 Å². The molecule has 1 aromatic carbocycles. The average Bonchev–Trinajstić information content (AvgIpc) is 2.39. The molecule has 3 unspecified atom stereocenters. The van der Waals surface area contributed by atoms with Gasteiger partial charge in [0.25, 0.3) is 0 Å². The Bertz CT molecular complexity index is 381. The van der Waals surface area contributed by atoms with Crippen molar-refractivity contribution in [1.82, 2.24) is 5.32 Å². The fourth-order valence-electron chi connectivity index (χ4n) is 2.62. The lowest BCUT2D eigenvalue weighted by molar-refractivity contribution is 0.0983. The minimum Gasteiger partial charge on any atom is -0.493 e. The lowest BCUT2D eigenvalue weighted by atomic mass is 9.88. The van der Waals surface area contributed by atoms with Crippen LogP contribution in [-0.2, 0) is 0 Å². The van der Waals surface area contributed by atoms with E-state index in [-0.39, 0.29) is 6.04 Å². The fraction of sp³-hybridized carbons (Fsp3) is 0.600. The molecule has 3 nitrogen and oxygen atoms in total. The zero-order valence-electron chi connectivity index (χ0n) is 11.2. The highest BCUT2D eigenvalue weighted by Crippen LogP contribution is 2.31. The first-order chi connectivity index (χ1) is 8.72. The molecule has 1 aliphatic rings. The van der Waals surface area contributed by atoms with Gasteiger partial charge in [0.05, 0.1) is 12.7 Å². The molecule has 1 fully saturated rings. The number of ether oxygens (including phenoxy) is 1. The molecule has 0 aliphatic carbocycles. The molecule has 1 aliphatic heterocycles. The van der Waals surface area contributed by atoms with Gasteiger partial charge >= 0.3 is 0 Å². The summed E-state index contributed by atoms with van der Waals surface area (Å²) in [6.45, 7) is 5.82. The first-order valence-electron chi connectivity index (χ1n) is 6.85. The summed E-state index contributed by atoms with van der Waals surface area (Å²) >= 11 is 0. The molecule has 2 rings (SSSR count). The molecular formula is C15H23NO2. The van der Waals surface area contributed by atoms with Crippen LogP contribution in [0.5, 0.6) is 5.75 Å². The topological polar surface area (TPSA) is 41.5 Å². The third-order valence-corrected chi connectivity index (χ3v) is 3.62. The molecule has 0 amide bonds. The van der Waals surface area contributed by atoms with Crippen molar-refractivity contribution in [3.8, 4) is 5.75 Å². The van der Waals surface area contributed by atoms with Gasteiger partial charge in [0.1, 0.15) is 5.75 Å². The summed E-state index contributed by atoms with van der Waals surface area (Å²) in [4.78, 5) is 0. The van der Waals surface area contributed by atoms with E-state index in [1.807, 2.05) is 31.2 Å². The molecule has 0 spiro atoms. The Kier molecular flexibility index (Phi) is 4.61. The first-order valence-corrected chi connectivity index (χ1v) is 6.85. The third-order valence-electron chi connectivity index (χ3n) is 3.62. The maximum Gasteiger partial charge on any atom is 0.125 e. The van der Waals surface area contributed by atoms with Crippen LogP contribution in [0, 0.1) is 5.92 Å². The predicted octanol–water partition coefficient (Wildman–Crippen LogP) is 2.51. The molecule has 1 heterocycles. The van der Waals surface area contributed by atoms with Crippen molar-refractivity contribution < 1.29 is 9.84 Å². The van der Waals surface area contributed by atoms with Crippen LogP contribution in [0.2, 0.25) is 0 Å². The summed E-state index contributed by atoms with van der Waals surface area (Å²) in [5.74, 6) is 1.47. The number of rotatable bonds is 4. The standard InChI is InChI=1S/C15H23NO2/c1-3-18-14-7-5-4-6-12(14)15(17)13-10-11(2)8-9-16-13/h4-7,11,13,15-17H,3,8-10H2,1-2H3. The lowest BCUT2D eigenvalue weighted by Crippen LogP contribution is -2.41. The molecule has 3 heteroatoms. The van der Waals surface area contributed by atoms with E-state index >= 15 is 0 Å². The van der Waals surface area contributed by atoms with Crippen molar-refractivity contribution in [3.63, 3.8) is 0 Å². The van der Waals surface area contributed by atoms with Gasteiger partial charge in [0.2, 0.25) is 0 Å². The van der Waals surface area contributed by atoms with Crippen molar-refractivity contribution in [3.05, 3.63) is 29.8 Å². The number of hydrogen-bond donors (Lipinski definition) is 2. The number of piperidine rings is 1. The smallest absolute Gasteiger partial charge is 0.125 e. The molecule has 0 aromatic heterocycles. The van der Waals surface area contributed by atoms with Gasteiger partial charge in [-0.3, -0.25) is 0 Å². The molecule has 1 aromatic rings. The number of para-hydroxylation sites is 1. The summed E-state index contributed by atoms with van der Waals surface area (Å²) in [6.07, 6.45) is 1.72. The number of hydrogen-bond acceptors (Lipinski definition) is 3. The van der Waals surface area contributed by atoms with Crippen molar-refractivity contribution >= 4 is 0 Å². The minimum absolute atomic E-state index is 0.135. The fourth-order valence-corrected chi connectivity index (χ4v) is 2.62. The van der Waals surface area contributed by atoms with E-state index in [2.05, 4.69) is 12.2 Å². The van der Waals surface area contributed by atoms with Crippen molar-refractivity contribution in [2.75, 3.05) is 13.2 Å². The van der Waals surface area contributed by atoms with Crippen LogP contribution in [-0.4, -0.2) is 24.3 Å². The Hall–Kier alpha value is -1.06. The summed E-state index contributed by atoms with van der Waals surface area (Å²) in [5, 5.41) is 13.9. The maximum atomic E-state index is 10.5. The van der Waals surface area contributed by atoms with Crippen LogP contribution in [0.1, 0.15) is 38.4 Å². The highest BCUT2D eigenvalue weighted by Gasteiger charge is 2.27. The second-order valence-corrected chi connectivity index (χ2v) is 5.11. The second kappa shape index (κ2) is 6.21. The van der Waals surface area contributed by atoms with E-state index < -0.39 is 6.10 Å². The quantitative estimate of drug-likeness (QED) is 0.861. The summed E-state index contributed by atoms with van der Waals surface area (Å²) in [5.41, 5.74) is 0.894. The van der Waals surface area contributed by atoms with E-state index in [9.17, 15) is 5.11 Å². The van der Waals surface area contributed by atoms with Crippen LogP contribution in [0.25, 0.3) is 0 Å². The van der Waals surface area contributed by atoms with E-state index in [4.69, 9.17) is 4.74 Å². The normalized spacial score (nSPS) is 25.7. The highest BCUT2D eigenvalue weighted by atomic mass is 16.5. The molecule has 0 radical (unpaired) electrons. The molecule has 0 saturated carbocycles. The number of aliphatic hydroxyl groups is 1. The first kappa shape index (κ1) is 13.4. The highest BCUT2D eigenvalue weighted by molar-refractivity contribution is 5.36. The van der Waals surface area contributed by atoms with Crippen molar-refractivity contribution in [2.45, 2.75) is 38.8 Å². The van der Waals surface area contributed by atoms with Gasteiger partial charge < -0.3 is 15.2 Å². The van der Waals surface area contributed by atoms with E-state index in [1.165, 1.54) is 6.42 Å². The number of nitrogens with one attached hydrogen (secondary N) is 1. The predicted molar refractivity (Wildman–Crippen MR) is 72.8 cm³/mol. The SMILES string of the molecule is CCOc1ccccc1C(O)C1CC(C)CCN1. The monoisotopic (exact) mass is 249 g/mol. The van der Waals surface area contributed by atoms with Crippen LogP contribution < -0.4 is 10.1 Å². The Labute approximate surface area is 109 Å². The molecule has 18 heavy (non-hydrogen) atoms. The van der Waals surface area contributed by atoms with E-state index in [0.717, 1.165) is 24.3 Å². The van der Waals surface area contributed by atoms with Gasteiger partial charge in [0.15, 0.2) is 0 Å². The average molecular weight is 249 g/mol. The van der Waals surface area contributed by atoms with Gasteiger partial charge in [-0.05, 0) is 38.3 Å². The van der Waals surface area contributed by atoms with Gasteiger partial charge in [-0.25, -0.2) is 0 Å². The maximum absolute atomic E-state index is 10.5. The summed E-state index contributed by atoms with van der Waals surface area (Å²) in [6, 6.07) is 7.91. The molecular weight excluding hydrogens is 226 g/mol. The van der Waals surface area contributed by atoms with Crippen LogP contribution >= 0.6 is 0 Å². The Morgan fingerprint density at radius 1 is 1.44 bits per heavy atom. The van der Waals surface area contributed by atoms with Gasteiger partial charge in [-0.15, -0.1) is 0 Å². The van der Waals surface area contributed by atoms with Crippen LogP contribution in [0.3, 0.4) is 0 Å². The Morgan fingerprint density at radius 2 is 2.22 bits per heavy atom. The third kappa shape index (κ3) is 3.03. The number of benzene rings is 1. The van der Waals surface area contributed by atoms with Crippen LogP contribution in [0.15, 0.2) is 24.3 Å². The molecule has 2 N–H and O–H groups in total. The van der Waals surface area contributed by atoms with Crippen molar-refractivity contribution in [1.29, 1.82) is 0 Å². The van der Waals surface area contributed by atoms with Crippen molar-refractivity contribution in [2.24, 2.45) is 5.92 Å². The Morgan fingerprint density at radius 3 is 2.94 bits per heavy atom. The zero-order chi connectivity index (χ0) is 13.0. The number of aliphatic hydroxyl groups excluding tert-OH is 1. The molecule has 3 atom stereocenters.